The number of carboxylic acid groups (broad SMARTS) is 1. The van der Waals surface area contributed by atoms with Crippen LogP contribution in [0.5, 0.6) is 0 Å². The first-order valence-corrected chi connectivity index (χ1v) is 6.76. The molecule has 0 aromatic heterocycles. The molecule has 1 aliphatic rings. The molecule has 1 N–H and O–H groups in total. The van der Waals surface area contributed by atoms with Gasteiger partial charge in [0.15, 0.2) is 0 Å². The van der Waals surface area contributed by atoms with Crippen LogP contribution < -0.4 is 0 Å². The van der Waals surface area contributed by atoms with Crippen LogP contribution in [0.4, 0.5) is 0 Å². The van der Waals surface area contributed by atoms with E-state index >= 15 is 0 Å². The molecule has 0 amide bonds. The number of carbonyl (C=O) groups is 1. The van der Waals surface area contributed by atoms with Crippen molar-refractivity contribution in [3.8, 4) is 0 Å². The van der Waals surface area contributed by atoms with Crippen LogP contribution >= 0.6 is 0 Å². The van der Waals surface area contributed by atoms with Gasteiger partial charge in [-0.05, 0) is 19.5 Å². The Kier molecular flexibility index (Phi) is 4.56. The number of piperazine rings is 1. The maximum absolute atomic E-state index is 10.9. The quantitative estimate of drug-likeness (QED) is 0.896. The normalized spacial score (nSPS) is 25.4. The molecule has 2 atom stereocenters. The second-order valence-corrected chi connectivity index (χ2v) is 5.46. The van der Waals surface area contributed by atoms with Crippen molar-refractivity contribution >= 4 is 5.97 Å². The molecule has 1 fully saturated rings. The number of rotatable bonds is 4. The second-order valence-electron chi connectivity index (χ2n) is 5.46. The monoisotopic (exact) mass is 262 g/mol. The van der Waals surface area contributed by atoms with E-state index in [2.05, 4.69) is 28.9 Å². The number of hydrogen-bond donors (Lipinski definition) is 1. The number of hydrogen-bond acceptors (Lipinski definition) is 3. The molecular weight excluding hydrogens is 240 g/mol. The molecular formula is C15H22N2O2. The first-order valence-electron chi connectivity index (χ1n) is 6.76. The lowest BCUT2D eigenvalue weighted by Crippen LogP contribution is -2.55. The molecule has 1 aromatic rings. The minimum Gasteiger partial charge on any atom is -0.481 e. The summed E-state index contributed by atoms with van der Waals surface area (Å²) < 4.78 is 0. The highest BCUT2D eigenvalue weighted by Crippen LogP contribution is 2.18. The zero-order valence-corrected chi connectivity index (χ0v) is 11.6. The zero-order valence-electron chi connectivity index (χ0n) is 11.6. The fourth-order valence-corrected chi connectivity index (χ4v) is 2.73. The van der Waals surface area contributed by atoms with Crippen molar-refractivity contribution in [2.45, 2.75) is 32.0 Å². The molecule has 104 valence electrons. The van der Waals surface area contributed by atoms with Crippen molar-refractivity contribution in [1.82, 2.24) is 9.80 Å². The number of likely N-dealkylation sites (N-methyl/N-ethyl adjacent to an activating group) is 1. The molecule has 2 rings (SSSR count). The maximum atomic E-state index is 10.9. The van der Waals surface area contributed by atoms with Crippen molar-refractivity contribution in [1.29, 1.82) is 0 Å². The van der Waals surface area contributed by atoms with E-state index in [9.17, 15) is 4.79 Å². The molecule has 1 saturated heterocycles. The topological polar surface area (TPSA) is 43.8 Å². The van der Waals surface area contributed by atoms with Crippen molar-refractivity contribution in [2.24, 2.45) is 0 Å². The van der Waals surface area contributed by atoms with Crippen molar-refractivity contribution in [3.05, 3.63) is 35.9 Å². The fourth-order valence-electron chi connectivity index (χ4n) is 2.73. The molecule has 0 aliphatic carbocycles. The van der Waals surface area contributed by atoms with E-state index < -0.39 is 5.97 Å². The van der Waals surface area contributed by atoms with Crippen LogP contribution in [0.2, 0.25) is 0 Å². The predicted octanol–water partition coefficient (Wildman–Crippen LogP) is 1.67. The summed E-state index contributed by atoms with van der Waals surface area (Å²) in [4.78, 5) is 15.5. The van der Waals surface area contributed by atoms with E-state index in [4.69, 9.17) is 5.11 Å². The van der Waals surface area contributed by atoms with E-state index in [-0.39, 0.29) is 12.5 Å². The van der Waals surface area contributed by atoms with Gasteiger partial charge in [0.05, 0.1) is 6.42 Å². The standard InChI is InChI=1S/C15H22N2O2/c1-12-9-16(2)14(8-15(18)19)11-17(12)10-13-6-4-3-5-7-13/h3-7,12,14H,8-11H2,1-2H3,(H,18,19). The Bertz CT molecular complexity index is 421. The fraction of sp³-hybridized carbons (Fsp3) is 0.533. The third kappa shape index (κ3) is 3.78. The summed E-state index contributed by atoms with van der Waals surface area (Å²) in [6.45, 7) is 4.84. The van der Waals surface area contributed by atoms with Crippen LogP contribution in [0.15, 0.2) is 30.3 Å². The lowest BCUT2D eigenvalue weighted by molar-refractivity contribution is -0.139. The summed E-state index contributed by atoms with van der Waals surface area (Å²) in [6.07, 6.45) is 0.217. The summed E-state index contributed by atoms with van der Waals surface area (Å²) in [5.41, 5.74) is 1.29. The summed E-state index contributed by atoms with van der Waals surface area (Å²) in [5, 5.41) is 8.98. The average molecular weight is 262 g/mol. The molecule has 4 heteroatoms. The maximum Gasteiger partial charge on any atom is 0.304 e. The number of nitrogens with zero attached hydrogens (tertiary/aromatic N) is 2. The Labute approximate surface area is 114 Å². The van der Waals surface area contributed by atoms with Gasteiger partial charge in [0.25, 0.3) is 0 Å². The van der Waals surface area contributed by atoms with E-state index in [0.29, 0.717) is 6.04 Å². The summed E-state index contributed by atoms with van der Waals surface area (Å²) in [7, 11) is 2.02. The molecule has 1 heterocycles. The summed E-state index contributed by atoms with van der Waals surface area (Å²) >= 11 is 0. The molecule has 1 aromatic carbocycles. The molecule has 19 heavy (non-hydrogen) atoms. The Morgan fingerprint density at radius 2 is 2.00 bits per heavy atom. The molecule has 0 spiro atoms. The highest BCUT2D eigenvalue weighted by atomic mass is 16.4. The van der Waals surface area contributed by atoms with Crippen molar-refractivity contribution in [3.63, 3.8) is 0 Å². The molecule has 2 unspecified atom stereocenters. The van der Waals surface area contributed by atoms with Gasteiger partial charge >= 0.3 is 5.97 Å². The van der Waals surface area contributed by atoms with E-state index in [0.717, 1.165) is 19.6 Å². The largest absolute Gasteiger partial charge is 0.481 e. The van der Waals surface area contributed by atoms with Gasteiger partial charge in [-0.3, -0.25) is 9.69 Å². The lowest BCUT2D eigenvalue weighted by atomic mass is 10.0. The lowest BCUT2D eigenvalue weighted by Gasteiger charge is -2.43. The van der Waals surface area contributed by atoms with Crippen LogP contribution in [0.3, 0.4) is 0 Å². The van der Waals surface area contributed by atoms with Crippen LogP contribution in [-0.4, -0.2) is 53.1 Å². The Morgan fingerprint density at radius 1 is 1.32 bits per heavy atom. The van der Waals surface area contributed by atoms with Gasteiger partial charge in [-0.1, -0.05) is 30.3 Å². The van der Waals surface area contributed by atoms with Crippen molar-refractivity contribution in [2.75, 3.05) is 20.1 Å². The first-order chi connectivity index (χ1) is 9.06. The highest BCUT2D eigenvalue weighted by Gasteiger charge is 2.30. The first kappa shape index (κ1) is 14.0. The Hall–Kier alpha value is -1.39. The van der Waals surface area contributed by atoms with Gasteiger partial charge in [0.1, 0.15) is 0 Å². The number of aliphatic carboxylic acids is 1. The SMILES string of the molecule is CC1CN(C)C(CC(=O)O)CN1Cc1ccccc1. The summed E-state index contributed by atoms with van der Waals surface area (Å²) in [5.74, 6) is -0.717. The van der Waals surface area contributed by atoms with Gasteiger partial charge in [-0.25, -0.2) is 0 Å². The second kappa shape index (κ2) is 6.17. The van der Waals surface area contributed by atoms with E-state index in [1.54, 1.807) is 0 Å². The minimum atomic E-state index is -0.717. The Morgan fingerprint density at radius 3 is 2.63 bits per heavy atom. The minimum absolute atomic E-state index is 0.109. The van der Waals surface area contributed by atoms with Crippen LogP contribution in [0.25, 0.3) is 0 Å². The Balaban J connectivity index is 2.01. The van der Waals surface area contributed by atoms with Crippen LogP contribution in [-0.2, 0) is 11.3 Å². The van der Waals surface area contributed by atoms with Crippen LogP contribution in [0, 0.1) is 0 Å². The zero-order chi connectivity index (χ0) is 13.8. The molecule has 0 saturated carbocycles. The third-order valence-corrected chi connectivity index (χ3v) is 3.88. The average Bonchev–Trinajstić information content (AvgIpc) is 2.36. The predicted molar refractivity (Wildman–Crippen MR) is 75.0 cm³/mol. The van der Waals surface area contributed by atoms with Gasteiger partial charge in [0.2, 0.25) is 0 Å². The van der Waals surface area contributed by atoms with Gasteiger partial charge in [0, 0.05) is 31.7 Å². The van der Waals surface area contributed by atoms with E-state index in [1.165, 1.54) is 5.56 Å². The molecule has 0 bridgehead atoms. The molecule has 1 aliphatic heterocycles. The smallest absolute Gasteiger partial charge is 0.304 e. The molecule has 4 nitrogen and oxygen atoms in total. The summed E-state index contributed by atoms with van der Waals surface area (Å²) in [6, 6.07) is 10.9. The third-order valence-electron chi connectivity index (χ3n) is 3.88. The number of benzene rings is 1. The number of carboxylic acids is 1. The van der Waals surface area contributed by atoms with E-state index in [1.807, 2.05) is 25.2 Å². The highest BCUT2D eigenvalue weighted by molar-refractivity contribution is 5.67. The van der Waals surface area contributed by atoms with Gasteiger partial charge < -0.3 is 10.0 Å². The van der Waals surface area contributed by atoms with Gasteiger partial charge in [-0.2, -0.15) is 0 Å². The van der Waals surface area contributed by atoms with Gasteiger partial charge in [-0.15, -0.1) is 0 Å². The molecule has 0 radical (unpaired) electrons. The van der Waals surface area contributed by atoms with Crippen molar-refractivity contribution < 1.29 is 9.90 Å². The van der Waals surface area contributed by atoms with Crippen LogP contribution in [0.1, 0.15) is 18.9 Å².